The Hall–Kier alpha value is -3.47. The minimum Gasteiger partial charge on any atom is -0.373 e. The van der Waals surface area contributed by atoms with Gasteiger partial charge in [-0.1, -0.05) is 23.4 Å². The topological polar surface area (TPSA) is 104 Å². The van der Waals surface area contributed by atoms with E-state index < -0.39 is 24.1 Å². The first-order valence-electron chi connectivity index (χ1n) is 9.85. The Kier molecular flexibility index (Phi) is 5.59. The van der Waals surface area contributed by atoms with E-state index >= 15 is 0 Å². The molecule has 2 N–H and O–H groups in total. The Bertz CT molecular complexity index is 1130. The number of alkyl halides is 3. The van der Waals surface area contributed by atoms with Crippen molar-refractivity contribution in [2.24, 2.45) is 0 Å². The molecule has 1 fully saturated rings. The van der Waals surface area contributed by atoms with E-state index in [-0.39, 0.29) is 24.7 Å². The van der Waals surface area contributed by atoms with E-state index in [4.69, 9.17) is 4.52 Å². The second-order valence-electron chi connectivity index (χ2n) is 7.55. The summed E-state index contributed by atoms with van der Waals surface area (Å²) in [4.78, 5) is 21.9. The summed E-state index contributed by atoms with van der Waals surface area (Å²) in [5.74, 6) is -0.280. The van der Waals surface area contributed by atoms with Gasteiger partial charge in [0.05, 0.1) is 12.1 Å². The molecule has 1 amide bonds. The van der Waals surface area contributed by atoms with Crippen molar-refractivity contribution in [3.8, 4) is 22.5 Å². The van der Waals surface area contributed by atoms with E-state index in [9.17, 15) is 23.1 Å². The molecular weight excluding hydrogens is 427 g/mol. The zero-order valence-electron chi connectivity index (χ0n) is 17.1. The number of benzene rings is 1. The van der Waals surface area contributed by atoms with E-state index in [1.807, 2.05) is 0 Å². The molecule has 4 rings (SSSR count). The lowest BCUT2D eigenvalue weighted by molar-refractivity contribution is -0.144. The maximum atomic E-state index is 12.3. The fourth-order valence-corrected chi connectivity index (χ4v) is 3.45. The van der Waals surface area contributed by atoms with Crippen molar-refractivity contribution in [2.75, 3.05) is 25.5 Å². The predicted molar refractivity (Wildman–Crippen MR) is 108 cm³/mol. The van der Waals surface area contributed by atoms with Gasteiger partial charge in [0, 0.05) is 49.9 Å². The number of aliphatic hydroxyl groups is 1. The third-order valence-corrected chi connectivity index (χ3v) is 5.23. The van der Waals surface area contributed by atoms with Crippen LogP contribution in [0.2, 0.25) is 0 Å². The molecule has 11 heteroatoms. The van der Waals surface area contributed by atoms with Gasteiger partial charge in [-0.25, -0.2) is 9.97 Å². The van der Waals surface area contributed by atoms with Gasteiger partial charge in [-0.2, -0.15) is 13.2 Å². The standard InChI is InChI=1S/C21H20F3N5O3/c1-29-10-7-20(31,18(29)30)17-12-16(28-32-17)14-4-2-3-13(11-14)15-5-8-25-19(27-15)26-9-6-21(22,23)24/h2-5,8,11-12,31H,6-7,9-10H2,1H3,(H,25,26,27). The van der Waals surface area contributed by atoms with E-state index in [1.165, 1.54) is 17.2 Å². The van der Waals surface area contributed by atoms with Crippen LogP contribution in [0.5, 0.6) is 0 Å². The zero-order chi connectivity index (χ0) is 22.9. The molecule has 1 aliphatic heterocycles. The van der Waals surface area contributed by atoms with Crippen LogP contribution >= 0.6 is 0 Å². The zero-order valence-corrected chi connectivity index (χ0v) is 17.1. The molecule has 1 atom stereocenters. The van der Waals surface area contributed by atoms with Gasteiger partial charge in [-0.15, -0.1) is 0 Å². The molecule has 1 saturated heterocycles. The minimum atomic E-state index is -4.26. The highest BCUT2D eigenvalue weighted by Gasteiger charge is 2.48. The van der Waals surface area contributed by atoms with Gasteiger partial charge in [-0.05, 0) is 12.1 Å². The fraction of sp³-hybridized carbons (Fsp3) is 0.333. The molecule has 1 aliphatic rings. The molecule has 168 valence electrons. The van der Waals surface area contributed by atoms with Crippen molar-refractivity contribution in [2.45, 2.75) is 24.6 Å². The molecule has 0 bridgehead atoms. The Morgan fingerprint density at radius 1 is 1.22 bits per heavy atom. The number of carbonyl (C=O) groups is 1. The summed E-state index contributed by atoms with van der Waals surface area (Å²) >= 11 is 0. The second-order valence-corrected chi connectivity index (χ2v) is 7.55. The van der Waals surface area contributed by atoms with E-state index in [1.54, 1.807) is 37.4 Å². The van der Waals surface area contributed by atoms with Crippen molar-refractivity contribution in [1.29, 1.82) is 0 Å². The van der Waals surface area contributed by atoms with Gasteiger partial charge in [0.15, 0.2) is 5.76 Å². The molecule has 8 nitrogen and oxygen atoms in total. The molecule has 0 radical (unpaired) electrons. The summed E-state index contributed by atoms with van der Waals surface area (Å²) in [6, 6.07) is 10.3. The SMILES string of the molecule is CN1CCC(O)(c2cc(-c3cccc(-c4ccnc(NCCC(F)(F)F)n4)c3)no2)C1=O. The maximum absolute atomic E-state index is 12.3. The first kappa shape index (κ1) is 21.8. The van der Waals surface area contributed by atoms with Crippen LogP contribution in [0.15, 0.2) is 47.1 Å². The van der Waals surface area contributed by atoms with Gasteiger partial charge in [0.2, 0.25) is 11.5 Å². The van der Waals surface area contributed by atoms with Crippen LogP contribution in [0, 0.1) is 0 Å². The molecular formula is C21H20F3N5O3. The van der Waals surface area contributed by atoms with Crippen molar-refractivity contribution < 1.29 is 27.6 Å². The molecule has 1 aromatic carbocycles. The highest BCUT2D eigenvalue weighted by Crippen LogP contribution is 2.35. The first-order chi connectivity index (χ1) is 15.2. The number of hydrogen-bond acceptors (Lipinski definition) is 7. The van der Waals surface area contributed by atoms with Gasteiger partial charge in [0.25, 0.3) is 5.91 Å². The smallest absolute Gasteiger partial charge is 0.373 e. The highest BCUT2D eigenvalue weighted by atomic mass is 19.4. The number of hydrogen-bond donors (Lipinski definition) is 2. The third-order valence-electron chi connectivity index (χ3n) is 5.23. The third kappa shape index (κ3) is 4.42. The Balaban J connectivity index is 1.55. The molecule has 0 spiro atoms. The van der Waals surface area contributed by atoms with Crippen LogP contribution in [-0.2, 0) is 10.4 Å². The van der Waals surface area contributed by atoms with Crippen molar-refractivity contribution in [1.82, 2.24) is 20.0 Å². The second kappa shape index (κ2) is 8.23. The summed E-state index contributed by atoms with van der Waals surface area (Å²) in [7, 11) is 1.61. The Labute approximate surface area is 181 Å². The quantitative estimate of drug-likeness (QED) is 0.598. The lowest BCUT2D eigenvalue weighted by Crippen LogP contribution is -2.35. The summed E-state index contributed by atoms with van der Waals surface area (Å²) < 4.78 is 42.3. The minimum absolute atomic E-state index is 0.0745. The van der Waals surface area contributed by atoms with E-state index in [0.29, 0.717) is 29.1 Å². The fourth-order valence-electron chi connectivity index (χ4n) is 3.45. The van der Waals surface area contributed by atoms with Crippen molar-refractivity contribution >= 4 is 11.9 Å². The number of nitrogens with zero attached hydrogens (tertiary/aromatic N) is 4. The molecule has 3 heterocycles. The predicted octanol–water partition coefficient (Wildman–Crippen LogP) is 3.21. The molecule has 0 saturated carbocycles. The molecule has 0 aliphatic carbocycles. The number of carbonyl (C=O) groups excluding carboxylic acids is 1. The van der Waals surface area contributed by atoms with Crippen LogP contribution in [-0.4, -0.2) is 57.4 Å². The first-order valence-corrected chi connectivity index (χ1v) is 9.85. The number of likely N-dealkylation sites (tertiary alicyclic amines) is 1. The van der Waals surface area contributed by atoms with Gasteiger partial charge < -0.3 is 19.8 Å². The van der Waals surface area contributed by atoms with Crippen LogP contribution < -0.4 is 5.32 Å². The average molecular weight is 447 g/mol. The van der Waals surface area contributed by atoms with Crippen molar-refractivity contribution in [3.05, 3.63) is 48.4 Å². The summed E-state index contributed by atoms with van der Waals surface area (Å²) in [5, 5.41) is 17.3. The number of anilines is 1. The van der Waals surface area contributed by atoms with E-state index in [0.717, 1.165) is 0 Å². The Morgan fingerprint density at radius 2 is 1.97 bits per heavy atom. The van der Waals surface area contributed by atoms with Crippen molar-refractivity contribution in [3.63, 3.8) is 0 Å². The average Bonchev–Trinajstić information content (AvgIpc) is 3.36. The number of nitrogens with one attached hydrogen (secondary N) is 1. The lowest BCUT2D eigenvalue weighted by atomic mass is 9.98. The summed E-state index contributed by atoms with van der Waals surface area (Å²) in [6.07, 6.45) is -3.59. The molecule has 2 aromatic heterocycles. The molecule has 1 unspecified atom stereocenters. The van der Waals surface area contributed by atoms with Crippen LogP contribution in [0.4, 0.5) is 19.1 Å². The summed E-state index contributed by atoms with van der Waals surface area (Å²) in [5.41, 5.74) is 0.539. The van der Waals surface area contributed by atoms with E-state index in [2.05, 4.69) is 20.4 Å². The number of likely N-dealkylation sites (N-methyl/N-ethyl adjacent to an activating group) is 1. The lowest BCUT2D eigenvalue weighted by Gasteiger charge is -2.16. The highest BCUT2D eigenvalue weighted by molar-refractivity contribution is 5.87. The van der Waals surface area contributed by atoms with Gasteiger partial charge in [-0.3, -0.25) is 4.79 Å². The maximum Gasteiger partial charge on any atom is 0.390 e. The normalized spacial score (nSPS) is 18.9. The van der Waals surface area contributed by atoms with Crippen LogP contribution in [0.1, 0.15) is 18.6 Å². The number of halogens is 3. The van der Waals surface area contributed by atoms with Crippen LogP contribution in [0.3, 0.4) is 0 Å². The number of amides is 1. The Morgan fingerprint density at radius 3 is 2.66 bits per heavy atom. The number of rotatable bonds is 6. The summed E-state index contributed by atoms with van der Waals surface area (Å²) in [6.45, 7) is 0.0828. The largest absolute Gasteiger partial charge is 0.390 e. The van der Waals surface area contributed by atoms with Gasteiger partial charge in [0.1, 0.15) is 5.69 Å². The van der Waals surface area contributed by atoms with Gasteiger partial charge >= 0.3 is 6.18 Å². The van der Waals surface area contributed by atoms with Crippen LogP contribution in [0.25, 0.3) is 22.5 Å². The molecule has 32 heavy (non-hydrogen) atoms. The number of aromatic nitrogens is 3. The molecule has 3 aromatic rings. The monoisotopic (exact) mass is 447 g/mol.